The number of guanidine groups is 1. The molecule has 2 N–H and O–H groups in total. The van der Waals surface area contributed by atoms with Gasteiger partial charge in [-0.15, -0.1) is 0 Å². The second-order valence-electron chi connectivity index (χ2n) is 4.26. The van der Waals surface area contributed by atoms with Gasteiger partial charge in [0, 0.05) is 13.1 Å². The molecule has 1 aromatic rings. The number of morpholine rings is 1. The van der Waals surface area contributed by atoms with Gasteiger partial charge in [-0.2, -0.15) is 0 Å². The van der Waals surface area contributed by atoms with Gasteiger partial charge in [0.15, 0.2) is 5.96 Å². The molecule has 1 aliphatic rings. The fourth-order valence-corrected chi connectivity index (χ4v) is 1.76. The Morgan fingerprint density at radius 1 is 1.29 bits per heavy atom. The number of hydrogen-bond donors (Lipinski definition) is 1. The van der Waals surface area contributed by atoms with Gasteiger partial charge in [-0.3, -0.25) is 0 Å². The van der Waals surface area contributed by atoms with E-state index < -0.39 is 0 Å². The highest BCUT2D eigenvalue weighted by atomic mass is 16.5. The Labute approximate surface area is 102 Å². The zero-order valence-corrected chi connectivity index (χ0v) is 10.2. The van der Waals surface area contributed by atoms with Gasteiger partial charge in [-0.05, 0) is 12.5 Å². The zero-order valence-electron chi connectivity index (χ0n) is 10.2. The molecule has 1 saturated heterocycles. The third-order valence-corrected chi connectivity index (χ3v) is 2.88. The summed E-state index contributed by atoms with van der Waals surface area (Å²) in [5.41, 5.74) is 8.40. The highest BCUT2D eigenvalue weighted by Crippen LogP contribution is 2.05. The number of nitrogens with two attached hydrogens (primary N) is 1. The summed E-state index contributed by atoms with van der Waals surface area (Å²) in [6.45, 7) is 5.87. The third-order valence-electron chi connectivity index (χ3n) is 2.88. The van der Waals surface area contributed by atoms with Gasteiger partial charge in [0.05, 0.1) is 19.8 Å². The minimum absolute atomic E-state index is 0.619. The molecule has 1 fully saturated rings. The maximum Gasteiger partial charge on any atom is 0.191 e. The Morgan fingerprint density at radius 2 is 1.94 bits per heavy atom. The molecule has 17 heavy (non-hydrogen) atoms. The van der Waals surface area contributed by atoms with E-state index in [1.165, 1.54) is 11.1 Å². The van der Waals surface area contributed by atoms with Crippen LogP contribution in [0.15, 0.2) is 29.3 Å². The van der Waals surface area contributed by atoms with Crippen LogP contribution < -0.4 is 5.73 Å². The normalized spacial score (nSPS) is 17.2. The topological polar surface area (TPSA) is 50.8 Å². The first-order valence-corrected chi connectivity index (χ1v) is 5.94. The molecule has 0 atom stereocenters. The van der Waals surface area contributed by atoms with E-state index in [1.54, 1.807) is 0 Å². The van der Waals surface area contributed by atoms with Crippen LogP contribution in [0.3, 0.4) is 0 Å². The predicted molar refractivity (Wildman–Crippen MR) is 68.9 cm³/mol. The number of ether oxygens (including phenoxy) is 1. The Hall–Kier alpha value is -1.55. The van der Waals surface area contributed by atoms with Crippen molar-refractivity contribution in [1.29, 1.82) is 0 Å². The standard InChI is InChI=1S/C13H19N3O/c1-11-2-4-12(5-3-11)10-15-13(14)16-6-8-17-9-7-16/h2-5H,6-10H2,1H3,(H2,14,15). The van der Waals surface area contributed by atoms with Crippen molar-refractivity contribution in [3.8, 4) is 0 Å². The summed E-state index contributed by atoms with van der Waals surface area (Å²) >= 11 is 0. The van der Waals surface area contributed by atoms with Crippen molar-refractivity contribution >= 4 is 5.96 Å². The molecule has 4 nitrogen and oxygen atoms in total. The number of benzene rings is 1. The summed E-state index contributed by atoms with van der Waals surface area (Å²) < 4.78 is 5.27. The molecule has 0 radical (unpaired) electrons. The van der Waals surface area contributed by atoms with E-state index in [4.69, 9.17) is 10.5 Å². The fourth-order valence-electron chi connectivity index (χ4n) is 1.76. The monoisotopic (exact) mass is 233 g/mol. The second-order valence-corrected chi connectivity index (χ2v) is 4.26. The smallest absolute Gasteiger partial charge is 0.191 e. The van der Waals surface area contributed by atoms with Crippen LogP contribution in [0.1, 0.15) is 11.1 Å². The SMILES string of the molecule is Cc1ccc(CN=C(N)N2CCOCC2)cc1. The first-order chi connectivity index (χ1) is 8.25. The summed E-state index contributed by atoms with van der Waals surface area (Å²) in [5, 5.41) is 0. The lowest BCUT2D eigenvalue weighted by atomic mass is 10.1. The van der Waals surface area contributed by atoms with Gasteiger partial charge in [0.1, 0.15) is 0 Å². The molecule has 0 saturated carbocycles. The van der Waals surface area contributed by atoms with Crippen LogP contribution in [0.2, 0.25) is 0 Å². The third kappa shape index (κ3) is 3.46. The summed E-state index contributed by atoms with van der Waals surface area (Å²) in [5.74, 6) is 0.619. The van der Waals surface area contributed by atoms with Crippen LogP contribution in [0.25, 0.3) is 0 Å². The van der Waals surface area contributed by atoms with Crippen molar-refractivity contribution in [2.45, 2.75) is 13.5 Å². The Kier molecular flexibility index (Phi) is 3.98. The maximum absolute atomic E-state index is 5.95. The van der Waals surface area contributed by atoms with Crippen molar-refractivity contribution in [3.63, 3.8) is 0 Å². The Morgan fingerprint density at radius 3 is 2.59 bits per heavy atom. The van der Waals surface area contributed by atoms with Gasteiger partial charge in [0.25, 0.3) is 0 Å². The predicted octanol–water partition coefficient (Wildman–Crippen LogP) is 1.14. The van der Waals surface area contributed by atoms with Crippen molar-refractivity contribution in [2.24, 2.45) is 10.7 Å². The van der Waals surface area contributed by atoms with Crippen molar-refractivity contribution in [1.82, 2.24) is 4.90 Å². The van der Waals surface area contributed by atoms with E-state index in [9.17, 15) is 0 Å². The molecule has 0 bridgehead atoms. The summed E-state index contributed by atoms with van der Waals surface area (Å²) in [7, 11) is 0. The molecule has 1 heterocycles. The van der Waals surface area contributed by atoms with Crippen LogP contribution in [-0.2, 0) is 11.3 Å². The largest absolute Gasteiger partial charge is 0.378 e. The van der Waals surface area contributed by atoms with Crippen LogP contribution in [0.4, 0.5) is 0 Å². The van der Waals surface area contributed by atoms with E-state index in [1.807, 2.05) is 0 Å². The summed E-state index contributed by atoms with van der Waals surface area (Å²) in [6, 6.07) is 8.36. The van der Waals surface area contributed by atoms with E-state index >= 15 is 0 Å². The molecule has 1 aliphatic heterocycles. The molecule has 4 heteroatoms. The number of hydrogen-bond acceptors (Lipinski definition) is 2. The van der Waals surface area contributed by atoms with Gasteiger partial charge in [-0.25, -0.2) is 4.99 Å². The van der Waals surface area contributed by atoms with E-state index in [2.05, 4.69) is 41.1 Å². The minimum atomic E-state index is 0.619. The molecule has 0 spiro atoms. The van der Waals surface area contributed by atoms with Crippen molar-refractivity contribution < 1.29 is 4.74 Å². The quantitative estimate of drug-likeness (QED) is 0.615. The molecular formula is C13H19N3O. The first kappa shape index (κ1) is 11.9. The van der Waals surface area contributed by atoms with Gasteiger partial charge in [0.2, 0.25) is 0 Å². The van der Waals surface area contributed by atoms with E-state index in [0.29, 0.717) is 12.5 Å². The van der Waals surface area contributed by atoms with Gasteiger partial charge in [-0.1, -0.05) is 29.8 Å². The molecule has 1 aromatic carbocycles. The molecule has 0 aliphatic carbocycles. The lowest BCUT2D eigenvalue weighted by molar-refractivity contribution is 0.0674. The van der Waals surface area contributed by atoms with E-state index in [-0.39, 0.29) is 0 Å². The number of nitrogens with zero attached hydrogens (tertiary/aromatic N) is 2. The van der Waals surface area contributed by atoms with Crippen molar-refractivity contribution in [2.75, 3.05) is 26.3 Å². The second kappa shape index (κ2) is 5.68. The molecular weight excluding hydrogens is 214 g/mol. The maximum atomic E-state index is 5.95. The average molecular weight is 233 g/mol. The van der Waals surface area contributed by atoms with Crippen LogP contribution in [0, 0.1) is 6.92 Å². The number of rotatable bonds is 2. The number of aliphatic imine (C=N–C) groups is 1. The first-order valence-electron chi connectivity index (χ1n) is 5.94. The lowest BCUT2D eigenvalue weighted by Crippen LogP contribution is -2.44. The molecule has 0 amide bonds. The van der Waals surface area contributed by atoms with Crippen LogP contribution in [-0.4, -0.2) is 37.2 Å². The highest BCUT2D eigenvalue weighted by molar-refractivity contribution is 5.78. The molecule has 0 aromatic heterocycles. The molecule has 92 valence electrons. The van der Waals surface area contributed by atoms with Crippen LogP contribution in [0.5, 0.6) is 0 Å². The minimum Gasteiger partial charge on any atom is -0.378 e. The zero-order chi connectivity index (χ0) is 12.1. The Bertz CT molecular complexity index is 380. The van der Waals surface area contributed by atoms with Gasteiger partial charge < -0.3 is 15.4 Å². The number of aryl methyl sites for hydroxylation is 1. The summed E-state index contributed by atoms with van der Waals surface area (Å²) in [6.07, 6.45) is 0. The Balaban J connectivity index is 1.92. The van der Waals surface area contributed by atoms with Gasteiger partial charge >= 0.3 is 0 Å². The van der Waals surface area contributed by atoms with Crippen molar-refractivity contribution in [3.05, 3.63) is 35.4 Å². The molecule has 0 unspecified atom stereocenters. The molecule has 2 rings (SSSR count). The highest BCUT2D eigenvalue weighted by Gasteiger charge is 2.11. The average Bonchev–Trinajstić information content (AvgIpc) is 2.39. The van der Waals surface area contributed by atoms with Crippen LogP contribution >= 0.6 is 0 Å². The fraction of sp³-hybridized carbons (Fsp3) is 0.462. The lowest BCUT2D eigenvalue weighted by Gasteiger charge is -2.27. The summed E-state index contributed by atoms with van der Waals surface area (Å²) in [4.78, 5) is 6.48. The van der Waals surface area contributed by atoms with E-state index in [0.717, 1.165) is 26.3 Å².